The maximum absolute atomic E-state index is 12.2. The van der Waals surface area contributed by atoms with E-state index in [2.05, 4.69) is 0 Å². The molecule has 0 saturated carbocycles. The van der Waals surface area contributed by atoms with E-state index in [1.165, 1.54) is 12.0 Å². The van der Waals surface area contributed by atoms with Crippen molar-refractivity contribution in [2.75, 3.05) is 33.1 Å². The number of hydrogen-bond acceptors (Lipinski definition) is 4. The molecular weight excluding hydrogens is 266 g/mol. The van der Waals surface area contributed by atoms with Crippen LogP contribution in [0.3, 0.4) is 0 Å². The summed E-state index contributed by atoms with van der Waals surface area (Å²) in [7, 11) is 1.51. The Balaban J connectivity index is 2.81. The van der Waals surface area contributed by atoms with Crippen molar-refractivity contribution >= 4 is 23.6 Å². The predicted octanol–water partition coefficient (Wildman–Crippen LogP) is 1.58. The molecule has 5 nitrogen and oxygen atoms in total. The van der Waals surface area contributed by atoms with Crippen LogP contribution < -0.4 is 0 Å². The second kappa shape index (κ2) is 7.81. The molecule has 0 fully saturated rings. The summed E-state index contributed by atoms with van der Waals surface area (Å²) >= 11 is 1.58. The Morgan fingerprint density at radius 1 is 1.32 bits per heavy atom. The number of rotatable bonds is 7. The molecule has 1 N–H and O–H groups in total. The van der Waals surface area contributed by atoms with Crippen molar-refractivity contribution < 1.29 is 19.4 Å². The van der Waals surface area contributed by atoms with Crippen molar-refractivity contribution in [1.82, 2.24) is 4.90 Å². The highest BCUT2D eigenvalue weighted by molar-refractivity contribution is 7.98. The third kappa shape index (κ3) is 4.92. The highest BCUT2D eigenvalue weighted by Crippen LogP contribution is 2.15. The van der Waals surface area contributed by atoms with Crippen LogP contribution >= 0.6 is 11.8 Å². The lowest BCUT2D eigenvalue weighted by molar-refractivity contribution is -0.137. The Morgan fingerprint density at radius 2 is 1.95 bits per heavy atom. The van der Waals surface area contributed by atoms with Crippen molar-refractivity contribution in [3.05, 3.63) is 29.8 Å². The molecule has 0 atom stereocenters. The predicted molar refractivity (Wildman–Crippen MR) is 73.6 cm³/mol. The van der Waals surface area contributed by atoms with E-state index in [0.29, 0.717) is 12.2 Å². The largest absolute Gasteiger partial charge is 0.480 e. The van der Waals surface area contributed by atoms with Gasteiger partial charge in [0.1, 0.15) is 6.54 Å². The molecule has 1 rings (SSSR count). The highest BCUT2D eigenvalue weighted by Gasteiger charge is 2.18. The zero-order valence-electron chi connectivity index (χ0n) is 11.0. The van der Waals surface area contributed by atoms with E-state index in [0.717, 1.165) is 4.90 Å². The number of benzene rings is 1. The van der Waals surface area contributed by atoms with E-state index in [1.807, 2.05) is 18.4 Å². The van der Waals surface area contributed by atoms with E-state index >= 15 is 0 Å². The van der Waals surface area contributed by atoms with Crippen LogP contribution in [-0.4, -0.2) is 54.9 Å². The zero-order chi connectivity index (χ0) is 14.3. The molecular formula is C13H17NO4S. The molecule has 0 saturated heterocycles. The van der Waals surface area contributed by atoms with Gasteiger partial charge in [-0.1, -0.05) is 0 Å². The maximum atomic E-state index is 12.2. The molecule has 0 bridgehead atoms. The van der Waals surface area contributed by atoms with Gasteiger partial charge in [-0.3, -0.25) is 9.59 Å². The van der Waals surface area contributed by atoms with E-state index in [-0.39, 0.29) is 19.0 Å². The van der Waals surface area contributed by atoms with Crippen LogP contribution in [0.25, 0.3) is 0 Å². The fraction of sp³-hybridized carbons (Fsp3) is 0.385. The molecule has 6 heteroatoms. The van der Waals surface area contributed by atoms with Gasteiger partial charge in [-0.25, -0.2) is 0 Å². The van der Waals surface area contributed by atoms with E-state index in [1.54, 1.807) is 23.9 Å². The van der Waals surface area contributed by atoms with Crippen molar-refractivity contribution in [2.24, 2.45) is 0 Å². The lowest BCUT2D eigenvalue weighted by Gasteiger charge is -2.20. The number of hydrogen-bond donors (Lipinski definition) is 1. The Labute approximate surface area is 116 Å². The molecule has 0 unspecified atom stereocenters. The van der Waals surface area contributed by atoms with Gasteiger partial charge in [0.05, 0.1) is 6.61 Å². The Hall–Kier alpha value is -1.53. The molecule has 104 valence electrons. The Bertz CT molecular complexity index is 433. The molecule has 1 aromatic rings. The van der Waals surface area contributed by atoms with Crippen molar-refractivity contribution in [3.63, 3.8) is 0 Å². The van der Waals surface area contributed by atoms with Gasteiger partial charge in [-0.05, 0) is 30.5 Å². The standard InChI is InChI=1S/C13H17NO4S/c1-18-8-7-14(9-12(15)16)13(17)10-3-5-11(19-2)6-4-10/h3-6H,7-9H2,1-2H3,(H,15,16). The number of carbonyl (C=O) groups is 2. The topological polar surface area (TPSA) is 66.8 Å². The number of nitrogens with zero attached hydrogens (tertiary/aromatic N) is 1. The summed E-state index contributed by atoms with van der Waals surface area (Å²) in [6, 6.07) is 7.09. The number of carboxylic acid groups (broad SMARTS) is 1. The number of thioether (sulfide) groups is 1. The van der Waals surface area contributed by atoms with E-state index in [9.17, 15) is 9.59 Å². The van der Waals surface area contributed by atoms with Crippen LogP contribution in [0.15, 0.2) is 29.2 Å². The lowest BCUT2D eigenvalue weighted by Crippen LogP contribution is -2.37. The lowest BCUT2D eigenvalue weighted by atomic mass is 10.2. The SMILES string of the molecule is COCCN(CC(=O)O)C(=O)c1ccc(SC)cc1. The normalized spacial score (nSPS) is 10.2. The summed E-state index contributed by atoms with van der Waals surface area (Å²) in [5.74, 6) is -1.34. The fourth-order valence-corrected chi connectivity index (χ4v) is 1.94. The van der Waals surface area contributed by atoms with Gasteiger partial charge in [0.25, 0.3) is 5.91 Å². The van der Waals surface area contributed by atoms with Crippen LogP contribution in [0.2, 0.25) is 0 Å². The van der Waals surface area contributed by atoms with Crippen LogP contribution in [-0.2, 0) is 9.53 Å². The number of carboxylic acids is 1. The van der Waals surface area contributed by atoms with Gasteiger partial charge >= 0.3 is 5.97 Å². The molecule has 0 aliphatic heterocycles. The van der Waals surface area contributed by atoms with E-state index < -0.39 is 5.97 Å². The first-order valence-electron chi connectivity index (χ1n) is 5.72. The molecule has 0 aliphatic rings. The average molecular weight is 283 g/mol. The minimum absolute atomic E-state index is 0.256. The summed E-state index contributed by atoms with van der Waals surface area (Å²) in [5, 5.41) is 8.82. The summed E-state index contributed by atoms with van der Waals surface area (Å²) < 4.78 is 4.89. The zero-order valence-corrected chi connectivity index (χ0v) is 11.8. The number of ether oxygens (including phenoxy) is 1. The maximum Gasteiger partial charge on any atom is 0.323 e. The summed E-state index contributed by atoms with van der Waals surface area (Å²) in [6.07, 6.45) is 1.95. The van der Waals surface area contributed by atoms with Crippen LogP contribution in [0.4, 0.5) is 0 Å². The fourth-order valence-electron chi connectivity index (χ4n) is 1.53. The smallest absolute Gasteiger partial charge is 0.323 e. The van der Waals surface area contributed by atoms with E-state index in [4.69, 9.17) is 9.84 Å². The van der Waals surface area contributed by atoms with Crippen LogP contribution in [0, 0.1) is 0 Å². The van der Waals surface area contributed by atoms with Gasteiger partial charge in [0.15, 0.2) is 0 Å². The van der Waals surface area contributed by atoms with Crippen molar-refractivity contribution in [1.29, 1.82) is 0 Å². The minimum atomic E-state index is -1.04. The first-order chi connectivity index (χ1) is 9.08. The monoisotopic (exact) mass is 283 g/mol. The number of aliphatic carboxylic acids is 1. The third-order valence-corrected chi connectivity index (χ3v) is 3.26. The second-order valence-corrected chi connectivity index (χ2v) is 4.72. The minimum Gasteiger partial charge on any atom is -0.480 e. The molecule has 0 aliphatic carbocycles. The third-order valence-electron chi connectivity index (χ3n) is 2.52. The van der Waals surface area contributed by atoms with Crippen LogP contribution in [0.5, 0.6) is 0 Å². The van der Waals surface area contributed by atoms with Gasteiger partial charge in [-0.2, -0.15) is 0 Å². The molecule has 19 heavy (non-hydrogen) atoms. The number of carbonyl (C=O) groups excluding carboxylic acids is 1. The first kappa shape index (κ1) is 15.5. The van der Waals surface area contributed by atoms with Crippen molar-refractivity contribution in [2.45, 2.75) is 4.90 Å². The highest BCUT2D eigenvalue weighted by atomic mass is 32.2. The average Bonchev–Trinajstić information content (AvgIpc) is 2.42. The molecule has 0 aromatic heterocycles. The van der Waals surface area contributed by atoms with Gasteiger partial charge in [-0.15, -0.1) is 11.8 Å². The van der Waals surface area contributed by atoms with Gasteiger partial charge in [0, 0.05) is 24.1 Å². The van der Waals surface area contributed by atoms with Gasteiger partial charge in [0.2, 0.25) is 0 Å². The summed E-state index contributed by atoms with van der Waals surface area (Å²) in [5.41, 5.74) is 0.482. The van der Waals surface area contributed by atoms with Crippen LogP contribution in [0.1, 0.15) is 10.4 Å². The first-order valence-corrected chi connectivity index (χ1v) is 6.95. The number of methoxy groups -OCH3 is 1. The van der Waals surface area contributed by atoms with Gasteiger partial charge < -0.3 is 14.7 Å². The molecule has 1 aromatic carbocycles. The molecule has 0 spiro atoms. The molecule has 0 radical (unpaired) electrons. The second-order valence-electron chi connectivity index (χ2n) is 3.84. The molecule has 1 amide bonds. The quantitative estimate of drug-likeness (QED) is 0.770. The summed E-state index contributed by atoms with van der Waals surface area (Å²) in [4.78, 5) is 25.3. The summed E-state index contributed by atoms with van der Waals surface area (Å²) in [6.45, 7) is 0.236. The Kier molecular flexibility index (Phi) is 6.38. The Morgan fingerprint density at radius 3 is 2.42 bits per heavy atom. The number of amides is 1. The van der Waals surface area contributed by atoms with Crippen molar-refractivity contribution in [3.8, 4) is 0 Å². The molecule has 0 heterocycles.